The molecule has 3 aromatic carbocycles. The van der Waals surface area contributed by atoms with Gasteiger partial charge in [0.15, 0.2) is 0 Å². The second-order valence-electron chi connectivity index (χ2n) is 6.29. The fraction of sp³-hybridized carbons (Fsp3) is 0.0476. The molecule has 0 radical (unpaired) electrons. The van der Waals surface area contributed by atoms with Gasteiger partial charge in [0.05, 0.1) is 16.6 Å². The number of benzene rings is 3. The van der Waals surface area contributed by atoms with E-state index in [0.717, 1.165) is 32.9 Å². The van der Waals surface area contributed by atoms with Crippen molar-refractivity contribution < 1.29 is 9.59 Å². The minimum atomic E-state index is -0.325. The van der Waals surface area contributed by atoms with Gasteiger partial charge >= 0.3 is 0 Å². The molecule has 0 atom stereocenters. The third-order valence-corrected chi connectivity index (χ3v) is 4.97. The van der Waals surface area contributed by atoms with Crippen LogP contribution in [0, 0.1) is 0 Å². The summed E-state index contributed by atoms with van der Waals surface area (Å²) in [6.45, 7) is 0. The Morgan fingerprint density at radius 2 is 1.48 bits per heavy atom. The molecule has 25 heavy (non-hydrogen) atoms. The average Bonchev–Trinajstić information content (AvgIpc) is 3.10. The molecule has 1 aliphatic rings. The molecule has 4 heteroatoms. The Labute approximate surface area is 143 Å². The Hall–Kier alpha value is -3.40. The highest BCUT2D eigenvalue weighted by Gasteiger charge is 2.34. The van der Waals surface area contributed by atoms with Gasteiger partial charge < -0.3 is 4.57 Å². The van der Waals surface area contributed by atoms with Crippen LogP contribution in [0.4, 0.5) is 0 Å². The average molecular weight is 326 g/mol. The van der Waals surface area contributed by atoms with Crippen molar-refractivity contribution >= 4 is 33.6 Å². The van der Waals surface area contributed by atoms with Crippen LogP contribution in [0.3, 0.4) is 0 Å². The number of rotatable bonds is 1. The van der Waals surface area contributed by atoms with E-state index >= 15 is 0 Å². The van der Waals surface area contributed by atoms with E-state index in [0.29, 0.717) is 11.1 Å². The predicted molar refractivity (Wildman–Crippen MR) is 97.7 cm³/mol. The molecule has 0 unspecified atom stereocenters. The van der Waals surface area contributed by atoms with Crippen LogP contribution in [-0.4, -0.2) is 16.4 Å². The standard InChI is InChI=1S/C21H14N2O2/c1-23-15-10-6-5-9-13(15)17-16(23)11-14(12-7-3-2-4-8-12)18-19(17)21(25)22-20(18)24/h2-11H,1H3,(H,22,24,25). The van der Waals surface area contributed by atoms with Gasteiger partial charge in [-0.3, -0.25) is 14.9 Å². The van der Waals surface area contributed by atoms with Crippen LogP contribution >= 0.6 is 0 Å². The van der Waals surface area contributed by atoms with E-state index in [-0.39, 0.29) is 11.8 Å². The minimum absolute atomic E-state index is 0.320. The largest absolute Gasteiger partial charge is 0.344 e. The zero-order valence-electron chi connectivity index (χ0n) is 13.5. The molecule has 4 aromatic rings. The summed E-state index contributed by atoms with van der Waals surface area (Å²) in [5, 5.41) is 4.30. The third-order valence-electron chi connectivity index (χ3n) is 4.97. The lowest BCUT2D eigenvalue weighted by molar-refractivity contribution is 0.0880. The summed E-state index contributed by atoms with van der Waals surface area (Å²) in [7, 11) is 1.99. The number of hydrogen-bond acceptors (Lipinski definition) is 2. The lowest BCUT2D eigenvalue weighted by atomic mass is 9.93. The van der Waals surface area contributed by atoms with Gasteiger partial charge in [0.2, 0.25) is 0 Å². The maximum absolute atomic E-state index is 12.6. The Morgan fingerprint density at radius 3 is 2.28 bits per heavy atom. The van der Waals surface area contributed by atoms with Crippen molar-refractivity contribution in [3.8, 4) is 11.1 Å². The summed E-state index contributed by atoms with van der Waals surface area (Å²) in [5.74, 6) is -0.646. The van der Waals surface area contributed by atoms with Crippen molar-refractivity contribution in [1.29, 1.82) is 0 Å². The van der Waals surface area contributed by atoms with Crippen molar-refractivity contribution in [3.05, 3.63) is 71.8 Å². The number of aromatic nitrogens is 1. The van der Waals surface area contributed by atoms with E-state index in [1.54, 1.807) is 0 Å². The van der Waals surface area contributed by atoms with E-state index in [2.05, 4.69) is 9.88 Å². The molecule has 2 heterocycles. The van der Waals surface area contributed by atoms with Gasteiger partial charge in [-0.15, -0.1) is 0 Å². The first-order valence-corrected chi connectivity index (χ1v) is 8.12. The number of para-hydroxylation sites is 1. The Morgan fingerprint density at radius 1 is 0.800 bits per heavy atom. The lowest BCUT2D eigenvalue weighted by Crippen LogP contribution is -2.20. The molecule has 4 nitrogen and oxygen atoms in total. The molecule has 0 bridgehead atoms. The summed E-state index contributed by atoms with van der Waals surface area (Å²) in [6.07, 6.45) is 0. The number of fused-ring (bicyclic) bond motifs is 5. The van der Waals surface area contributed by atoms with E-state index in [1.807, 2.05) is 67.7 Å². The molecular weight excluding hydrogens is 312 g/mol. The topological polar surface area (TPSA) is 51.1 Å². The Kier molecular flexibility index (Phi) is 2.69. The fourth-order valence-corrected chi connectivity index (χ4v) is 3.85. The summed E-state index contributed by atoms with van der Waals surface area (Å²) in [5.41, 5.74) is 4.66. The van der Waals surface area contributed by atoms with Gasteiger partial charge in [-0.25, -0.2) is 0 Å². The summed E-state index contributed by atoms with van der Waals surface area (Å²) in [4.78, 5) is 25.1. The van der Waals surface area contributed by atoms with Crippen LogP contribution < -0.4 is 5.32 Å². The lowest BCUT2D eigenvalue weighted by Gasteiger charge is -2.09. The highest BCUT2D eigenvalue weighted by atomic mass is 16.2. The molecule has 0 fully saturated rings. The molecule has 1 aromatic heterocycles. The highest BCUT2D eigenvalue weighted by Crippen LogP contribution is 2.39. The Balaban J connectivity index is 2.04. The predicted octanol–water partition coefficient (Wildman–Crippen LogP) is 3.88. The number of carbonyl (C=O) groups is 2. The Bertz CT molecular complexity index is 1200. The first-order chi connectivity index (χ1) is 12.2. The summed E-state index contributed by atoms with van der Waals surface area (Å²) < 4.78 is 2.08. The molecule has 0 saturated carbocycles. The second-order valence-corrected chi connectivity index (χ2v) is 6.29. The first-order valence-electron chi connectivity index (χ1n) is 8.12. The minimum Gasteiger partial charge on any atom is -0.344 e. The number of imide groups is 1. The van der Waals surface area contributed by atoms with Crippen LogP contribution in [0.5, 0.6) is 0 Å². The van der Waals surface area contributed by atoms with Crippen LogP contribution in [0.2, 0.25) is 0 Å². The zero-order valence-corrected chi connectivity index (χ0v) is 13.5. The van der Waals surface area contributed by atoms with Gasteiger partial charge in [-0.1, -0.05) is 48.5 Å². The van der Waals surface area contributed by atoms with Crippen LogP contribution in [0.1, 0.15) is 20.7 Å². The second kappa shape index (κ2) is 4.80. The number of nitrogens with zero attached hydrogens (tertiary/aromatic N) is 1. The smallest absolute Gasteiger partial charge is 0.259 e. The number of hydrogen-bond donors (Lipinski definition) is 1. The first kappa shape index (κ1) is 14.0. The molecule has 1 aliphatic heterocycles. The van der Waals surface area contributed by atoms with E-state index in [4.69, 9.17) is 0 Å². The number of nitrogens with one attached hydrogen (secondary N) is 1. The van der Waals surface area contributed by atoms with Crippen molar-refractivity contribution in [2.24, 2.45) is 7.05 Å². The van der Waals surface area contributed by atoms with Crippen LogP contribution in [-0.2, 0) is 7.05 Å². The van der Waals surface area contributed by atoms with Gasteiger partial charge in [0.1, 0.15) is 0 Å². The molecule has 5 rings (SSSR count). The van der Waals surface area contributed by atoms with Crippen molar-refractivity contribution in [3.63, 3.8) is 0 Å². The molecule has 0 aliphatic carbocycles. The SMILES string of the molecule is Cn1c2ccccc2c2c3c(c(-c4ccccc4)cc21)C(=O)NC3=O. The zero-order chi connectivity index (χ0) is 17.1. The molecule has 1 N–H and O–H groups in total. The fourth-order valence-electron chi connectivity index (χ4n) is 3.85. The molecule has 120 valence electrons. The van der Waals surface area contributed by atoms with E-state index < -0.39 is 0 Å². The monoisotopic (exact) mass is 326 g/mol. The third kappa shape index (κ3) is 1.76. The molecule has 0 saturated heterocycles. The molecule has 0 spiro atoms. The molecular formula is C21H14N2O2. The number of carbonyl (C=O) groups excluding carboxylic acids is 2. The summed E-state index contributed by atoms with van der Waals surface area (Å²) in [6, 6.07) is 19.7. The van der Waals surface area contributed by atoms with Gasteiger partial charge in [0, 0.05) is 23.3 Å². The van der Waals surface area contributed by atoms with E-state index in [1.165, 1.54) is 0 Å². The summed E-state index contributed by atoms with van der Waals surface area (Å²) >= 11 is 0. The number of aryl methyl sites for hydroxylation is 1. The maximum Gasteiger partial charge on any atom is 0.259 e. The highest BCUT2D eigenvalue weighted by molar-refractivity contribution is 6.32. The van der Waals surface area contributed by atoms with Crippen molar-refractivity contribution in [2.45, 2.75) is 0 Å². The maximum atomic E-state index is 12.6. The van der Waals surface area contributed by atoms with Crippen molar-refractivity contribution in [1.82, 2.24) is 9.88 Å². The van der Waals surface area contributed by atoms with Crippen LogP contribution in [0.15, 0.2) is 60.7 Å². The van der Waals surface area contributed by atoms with E-state index in [9.17, 15) is 9.59 Å². The van der Waals surface area contributed by atoms with Gasteiger partial charge in [0.25, 0.3) is 11.8 Å². The van der Waals surface area contributed by atoms with Crippen LogP contribution in [0.25, 0.3) is 32.9 Å². The normalized spacial score (nSPS) is 13.5. The molecule has 2 amide bonds. The van der Waals surface area contributed by atoms with Crippen molar-refractivity contribution in [2.75, 3.05) is 0 Å². The quantitative estimate of drug-likeness (QED) is 0.540. The van der Waals surface area contributed by atoms with Gasteiger partial charge in [-0.05, 0) is 23.3 Å². The number of amides is 2. The van der Waals surface area contributed by atoms with Gasteiger partial charge in [-0.2, -0.15) is 0 Å².